The maximum Gasteiger partial charge on any atom is 0.215 e. The molecule has 20 heavy (non-hydrogen) atoms. The number of halogens is 3. The molecule has 0 fully saturated rings. The summed E-state index contributed by atoms with van der Waals surface area (Å²) in [6, 6.07) is 5.00. The van der Waals surface area contributed by atoms with Crippen LogP contribution < -0.4 is 10.0 Å². The summed E-state index contributed by atoms with van der Waals surface area (Å²) in [5, 5.41) is 3.84. The van der Waals surface area contributed by atoms with E-state index in [1.807, 2.05) is 13.8 Å². The van der Waals surface area contributed by atoms with Crippen molar-refractivity contribution in [2.24, 2.45) is 0 Å². The topological polar surface area (TPSA) is 58.2 Å². The van der Waals surface area contributed by atoms with E-state index in [2.05, 4.69) is 10.0 Å². The van der Waals surface area contributed by atoms with E-state index in [0.717, 1.165) is 6.54 Å². The number of likely N-dealkylation sites (N-methyl/N-ethyl adjacent to an activating group) is 1. The molecular weight excluding hydrogens is 343 g/mol. The third kappa shape index (κ3) is 6.61. The lowest BCUT2D eigenvalue weighted by atomic mass is 10.2. The van der Waals surface area contributed by atoms with Gasteiger partial charge in [0.15, 0.2) is 0 Å². The molecule has 8 heteroatoms. The average Bonchev–Trinajstić information content (AvgIpc) is 2.32. The number of hydrogen-bond acceptors (Lipinski definition) is 3. The molecule has 1 aromatic carbocycles. The predicted octanol–water partition coefficient (Wildman–Crippen LogP) is 2.83. The van der Waals surface area contributed by atoms with Crippen molar-refractivity contribution in [2.45, 2.75) is 25.6 Å². The fraction of sp³-hybridized carbons (Fsp3) is 0.500. The fourth-order valence-corrected chi connectivity index (χ4v) is 3.57. The lowest BCUT2D eigenvalue weighted by molar-refractivity contribution is 0.535. The van der Waals surface area contributed by atoms with Gasteiger partial charge in [-0.2, -0.15) is 0 Å². The number of nitrogens with one attached hydrogen (secondary N) is 2. The van der Waals surface area contributed by atoms with E-state index >= 15 is 0 Å². The van der Waals surface area contributed by atoms with Crippen molar-refractivity contribution in [3.05, 3.63) is 33.8 Å². The zero-order valence-electron chi connectivity index (χ0n) is 11.3. The van der Waals surface area contributed by atoms with E-state index < -0.39 is 10.0 Å². The summed E-state index contributed by atoms with van der Waals surface area (Å²) in [4.78, 5) is 0. The van der Waals surface area contributed by atoms with E-state index in [4.69, 9.17) is 23.2 Å². The van der Waals surface area contributed by atoms with Crippen LogP contribution in [0.25, 0.3) is 0 Å². The van der Waals surface area contributed by atoms with Crippen molar-refractivity contribution < 1.29 is 8.42 Å². The zero-order valence-corrected chi connectivity index (χ0v) is 14.5. The first-order valence-electron chi connectivity index (χ1n) is 5.99. The zero-order chi connectivity index (χ0) is 14.5. The van der Waals surface area contributed by atoms with Gasteiger partial charge in [0.25, 0.3) is 0 Å². The van der Waals surface area contributed by atoms with Gasteiger partial charge in [-0.3, -0.25) is 0 Å². The Hall–Kier alpha value is -0.0400. The van der Waals surface area contributed by atoms with Crippen LogP contribution in [0.5, 0.6) is 0 Å². The van der Waals surface area contributed by atoms with Crippen molar-refractivity contribution in [2.75, 3.05) is 13.1 Å². The first kappa shape index (κ1) is 20.0. The minimum Gasteiger partial charge on any atom is -0.313 e. The SMILES string of the molecule is CCN[C@H](C)CNS(=O)(=O)Cc1c(Cl)cccc1Cl.Cl. The molecule has 0 unspecified atom stereocenters. The Morgan fingerprint density at radius 2 is 1.80 bits per heavy atom. The summed E-state index contributed by atoms with van der Waals surface area (Å²) >= 11 is 11.9. The standard InChI is InChI=1S/C12H18Cl2N2O2S.ClH/c1-3-15-9(2)7-16-19(17,18)8-10-11(13)5-4-6-12(10)14;/h4-6,9,15-16H,3,7-8H2,1-2H3;1H/t9-;/m1./s1. The molecule has 0 amide bonds. The molecule has 0 heterocycles. The summed E-state index contributed by atoms with van der Waals surface area (Å²) in [6.45, 7) is 5.00. The van der Waals surface area contributed by atoms with E-state index in [9.17, 15) is 8.42 Å². The number of sulfonamides is 1. The number of benzene rings is 1. The minimum atomic E-state index is -3.45. The Labute approximate surface area is 136 Å². The Balaban J connectivity index is 0.00000361. The van der Waals surface area contributed by atoms with Gasteiger partial charge in [0.1, 0.15) is 0 Å². The molecule has 0 saturated heterocycles. The van der Waals surface area contributed by atoms with E-state index in [-0.39, 0.29) is 24.2 Å². The maximum atomic E-state index is 12.0. The Morgan fingerprint density at radius 3 is 2.30 bits per heavy atom. The molecule has 1 atom stereocenters. The van der Waals surface area contributed by atoms with Crippen LogP contribution in [0, 0.1) is 0 Å². The molecule has 0 saturated carbocycles. The molecule has 0 aliphatic carbocycles. The predicted molar refractivity (Wildman–Crippen MR) is 87.5 cm³/mol. The van der Waals surface area contributed by atoms with Gasteiger partial charge in [0, 0.05) is 28.2 Å². The highest BCUT2D eigenvalue weighted by Crippen LogP contribution is 2.25. The van der Waals surface area contributed by atoms with Crippen molar-refractivity contribution >= 4 is 45.6 Å². The molecule has 1 rings (SSSR count). The van der Waals surface area contributed by atoms with E-state index in [1.54, 1.807) is 18.2 Å². The summed E-state index contributed by atoms with van der Waals surface area (Å²) in [7, 11) is -3.45. The molecular formula is C12H19Cl3N2O2S. The van der Waals surface area contributed by atoms with Crippen LogP contribution in [0.1, 0.15) is 19.4 Å². The third-order valence-electron chi connectivity index (χ3n) is 2.56. The quantitative estimate of drug-likeness (QED) is 0.785. The lowest BCUT2D eigenvalue weighted by Gasteiger charge is -2.14. The highest BCUT2D eigenvalue weighted by molar-refractivity contribution is 7.88. The van der Waals surface area contributed by atoms with Gasteiger partial charge in [-0.05, 0) is 25.6 Å². The van der Waals surface area contributed by atoms with Gasteiger partial charge >= 0.3 is 0 Å². The first-order valence-corrected chi connectivity index (χ1v) is 8.40. The van der Waals surface area contributed by atoms with Crippen LogP contribution in [0.2, 0.25) is 10.0 Å². The van der Waals surface area contributed by atoms with Crippen molar-refractivity contribution in [1.82, 2.24) is 10.0 Å². The first-order chi connectivity index (χ1) is 8.85. The van der Waals surface area contributed by atoms with Gasteiger partial charge in [-0.1, -0.05) is 36.2 Å². The largest absolute Gasteiger partial charge is 0.313 e. The molecule has 4 nitrogen and oxygen atoms in total. The van der Waals surface area contributed by atoms with E-state index in [1.165, 1.54) is 0 Å². The number of rotatable bonds is 7. The number of hydrogen-bond donors (Lipinski definition) is 2. The molecule has 0 bridgehead atoms. The average molecular weight is 362 g/mol. The van der Waals surface area contributed by atoms with Crippen molar-refractivity contribution in [3.63, 3.8) is 0 Å². The van der Waals surface area contributed by atoms with Crippen molar-refractivity contribution in [1.29, 1.82) is 0 Å². The molecule has 0 aromatic heterocycles. The van der Waals surface area contributed by atoms with Gasteiger partial charge in [0.2, 0.25) is 10.0 Å². The second kappa shape index (κ2) is 9.07. The van der Waals surface area contributed by atoms with Crippen LogP contribution in [-0.2, 0) is 15.8 Å². The summed E-state index contributed by atoms with van der Waals surface area (Å²) in [5.74, 6) is -0.218. The Bertz CT molecular complexity index is 503. The molecule has 0 spiro atoms. The molecule has 0 radical (unpaired) electrons. The van der Waals surface area contributed by atoms with Gasteiger partial charge in [0.05, 0.1) is 5.75 Å². The van der Waals surface area contributed by atoms with Crippen LogP contribution in [0.3, 0.4) is 0 Å². The molecule has 0 aliphatic heterocycles. The van der Waals surface area contributed by atoms with Crippen LogP contribution >= 0.6 is 35.6 Å². The lowest BCUT2D eigenvalue weighted by Crippen LogP contribution is -2.39. The second-order valence-corrected chi connectivity index (χ2v) is 6.89. The summed E-state index contributed by atoms with van der Waals surface area (Å²) < 4.78 is 26.5. The van der Waals surface area contributed by atoms with Crippen LogP contribution in [0.15, 0.2) is 18.2 Å². The minimum absolute atomic E-state index is 0. The Kier molecular flexibility index (Phi) is 9.06. The van der Waals surface area contributed by atoms with Crippen LogP contribution in [-0.4, -0.2) is 27.5 Å². The van der Waals surface area contributed by atoms with Gasteiger partial charge in [-0.25, -0.2) is 13.1 Å². The smallest absolute Gasteiger partial charge is 0.215 e. The van der Waals surface area contributed by atoms with Crippen molar-refractivity contribution in [3.8, 4) is 0 Å². The normalized spacial score (nSPS) is 12.8. The van der Waals surface area contributed by atoms with E-state index in [0.29, 0.717) is 22.2 Å². The van der Waals surface area contributed by atoms with Gasteiger partial charge < -0.3 is 5.32 Å². The maximum absolute atomic E-state index is 12.0. The van der Waals surface area contributed by atoms with Crippen LogP contribution in [0.4, 0.5) is 0 Å². The summed E-state index contributed by atoms with van der Waals surface area (Å²) in [5.41, 5.74) is 0.425. The Morgan fingerprint density at radius 1 is 1.25 bits per heavy atom. The third-order valence-corrected chi connectivity index (χ3v) is 4.54. The molecule has 1 aromatic rings. The highest BCUT2D eigenvalue weighted by Gasteiger charge is 2.17. The molecule has 2 N–H and O–H groups in total. The highest BCUT2D eigenvalue weighted by atomic mass is 35.5. The second-order valence-electron chi connectivity index (χ2n) is 4.27. The fourth-order valence-electron chi connectivity index (χ4n) is 1.58. The molecule has 116 valence electrons. The molecule has 0 aliphatic rings. The monoisotopic (exact) mass is 360 g/mol. The van der Waals surface area contributed by atoms with Gasteiger partial charge in [-0.15, -0.1) is 12.4 Å². The summed E-state index contributed by atoms with van der Waals surface area (Å²) in [6.07, 6.45) is 0.